The number of aryl methyl sites for hydroxylation is 2. The fraction of sp³-hybridized carbons (Fsp3) is 0.235. The second-order valence-corrected chi connectivity index (χ2v) is 5.95. The van der Waals surface area contributed by atoms with Crippen molar-refractivity contribution in [2.24, 2.45) is 0 Å². The van der Waals surface area contributed by atoms with Gasteiger partial charge in [-0.1, -0.05) is 0 Å². The molecule has 2 aromatic heterocycles. The molecule has 0 radical (unpaired) electrons. The summed E-state index contributed by atoms with van der Waals surface area (Å²) in [6, 6.07) is 5.49. The highest BCUT2D eigenvalue weighted by atomic mass is 16.6. The van der Waals surface area contributed by atoms with Crippen molar-refractivity contribution in [3.8, 4) is 5.75 Å². The molecule has 0 aliphatic heterocycles. The Labute approximate surface area is 163 Å². The number of methoxy groups -OCH3 is 1. The fourth-order valence-electron chi connectivity index (χ4n) is 2.54. The smallest absolute Gasteiger partial charge is 0.378 e. The summed E-state index contributed by atoms with van der Waals surface area (Å²) in [5, 5.41) is 17.3. The van der Waals surface area contributed by atoms with Crippen molar-refractivity contribution in [3.63, 3.8) is 0 Å². The Morgan fingerprint density at radius 2 is 2.00 bits per heavy atom. The van der Waals surface area contributed by atoms with E-state index in [1.807, 2.05) is 0 Å². The van der Waals surface area contributed by atoms with E-state index in [0.717, 1.165) is 11.8 Å². The lowest BCUT2D eigenvalue weighted by Gasteiger charge is -2.09. The first kappa shape index (κ1) is 19.7. The lowest BCUT2D eigenvalue weighted by atomic mass is 10.2. The van der Waals surface area contributed by atoms with E-state index in [0.29, 0.717) is 5.69 Å². The van der Waals surface area contributed by atoms with Crippen LogP contribution < -0.4 is 10.1 Å². The molecule has 0 spiro atoms. The molecule has 0 saturated carbocycles. The summed E-state index contributed by atoms with van der Waals surface area (Å²) < 4.78 is 11.4. The molecule has 2 heterocycles. The maximum atomic E-state index is 12.2. The minimum Gasteiger partial charge on any atom is -0.495 e. The van der Waals surface area contributed by atoms with Gasteiger partial charge < -0.3 is 14.8 Å². The van der Waals surface area contributed by atoms with Crippen molar-refractivity contribution >= 4 is 29.0 Å². The first-order chi connectivity index (χ1) is 13.8. The molecule has 0 bridgehead atoms. The van der Waals surface area contributed by atoms with Gasteiger partial charge in [0.2, 0.25) is 0 Å². The summed E-state index contributed by atoms with van der Waals surface area (Å²) in [5.41, 5.74) is 1.29. The number of non-ortho nitro benzene ring substituents is 1. The molecule has 1 aromatic carbocycles. The Morgan fingerprint density at radius 3 is 2.69 bits per heavy atom. The number of ether oxygens (including phenoxy) is 2. The van der Waals surface area contributed by atoms with Gasteiger partial charge in [0, 0.05) is 23.5 Å². The van der Waals surface area contributed by atoms with Crippen molar-refractivity contribution in [3.05, 3.63) is 51.6 Å². The molecule has 3 rings (SSSR count). The maximum absolute atomic E-state index is 12.2. The first-order valence-electron chi connectivity index (χ1n) is 8.29. The molecule has 29 heavy (non-hydrogen) atoms. The molecule has 0 unspecified atom stereocenters. The van der Waals surface area contributed by atoms with Crippen molar-refractivity contribution in [1.29, 1.82) is 0 Å². The second-order valence-electron chi connectivity index (χ2n) is 5.95. The van der Waals surface area contributed by atoms with Crippen LogP contribution in [0.2, 0.25) is 0 Å². The van der Waals surface area contributed by atoms with Crippen LogP contribution in [0.15, 0.2) is 24.3 Å². The summed E-state index contributed by atoms with van der Waals surface area (Å²) in [5.74, 6) is -1.42. The summed E-state index contributed by atoms with van der Waals surface area (Å²) in [7, 11) is 1.35. The molecule has 3 aromatic rings. The molecule has 0 aliphatic rings. The average Bonchev–Trinajstić information content (AvgIpc) is 3.10. The van der Waals surface area contributed by atoms with E-state index < -0.39 is 23.4 Å². The number of nitrogens with one attached hydrogen (secondary N) is 1. The number of carbonyl (C=O) groups is 2. The topological polar surface area (TPSA) is 151 Å². The number of fused-ring (bicyclic) bond motifs is 1. The van der Waals surface area contributed by atoms with Gasteiger partial charge in [0.25, 0.3) is 23.2 Å². The van der Waals surface area contributed by atoms with Crippen molar-refractivity contribution in [2.75, 3.05) is 19.0 Å². The Balaban J connectivity index is 1.68. The molecule has 0 saturated heterocycles. The lowest BCUT2D eigenvalue weighted by molar-refractivity contribution is -0.384. The van der Waals surface area contributed by atoms with Crippen molar-refractivity contribution in [1.82, 2.24) is 19.6 Å². The number of nitro groups is 1. The van der Waals surface area contributed by atoms with E-state index >= 15 is 0 Å². The summed E-state index contributed by atoms with van der Waals surface area (Å²) in [4.78, 5) is 42.7. The molecule has 1 amide bonds. The Morgan fingerprint density at radius 1 is 1.24 bits per heavy atom. The van der Waals surface area contributed by atoms with Gasteiger partial charge in [-0.15, -0.1) is 5.10 Å². The molecule has 1 N–H and O–H groups in total. The normalized spacial score (nSPS) is 10.6. The zero-order valence-corrected chi connectivity index (χ0v) is 15.7. The number of hydrogen-bond donors (Lipinski definition) is 1. The van der Waals surface area contributed by atoms with Gasteiger partial charge in [0.15, 0.2) is 6.61 Å². The number of esters is 1. The van der Waals surface area contributed by atoms with Crippen molar-refractivity contribution < 1.29 is 24.0 Å². The third-order valence-corrected chi connectivity index (χ3v) is 3.80. The van der Waals surface area contributed by atoms with Crippen LogP contribution in [0.1, 0.15) is 22.0 Å². The molecule has 12 heteroatoms. The first-order valence-corrected chi connectivity index (χ1v) is 8.29. The van der Waals surface area contributed by atoms with E-state index in [4.69, 9.17) is 9.47 Å². The van der Waals surface area contributed by atoms with Gasteiger partial charge in [-0.25, -0.2) is 14.3 Å². The largest absolute Gasteiger partial charge is 0.495 e. The van der Waals surface area contributed by atoms with Crippen LogP contribution in [0, 0.1) is 24.0 Å². The molecule has 12 nitrogen and oxygen atoms in total. The van der Waals surface area contributed by atoms with E-state index in [2.05, 4.69) is 20.4 Å². The summed E-state index contributed by atoms with van der Waals surface area (Å²) in [6.45, 7) is 2.92. The number of hydrogen-bond acceptors (Lipinski definition) is 9. The van der Waals surface area contributed by atoms with Crippen LogP contribution in [0.25, 0.3) is 5.78 Å². The Bertz CT molecular complexity index is 1130. The van der Waals surface area contributed by atoms with E-state index in [9.17, 15) is 19.7 Å². The zero-order chi connectivity index (χ0) is 21.1. The number of benzene rings is 1. The van der Waals surface area contributed by atoms with Crippen LogP contribution in [0.4, 0.5) is 11.4 Å². The predicted octanol–water partition coefficient (Wildman–Crippen LogP) is 1.45. The predicted molar refractivity (Wildman–Crippen MR) is 98.8 cm³/mol. The van der Waals surface area contributed by atoms with Gasteiger partial charge in [0.1, 0.15) is 5.75 Å². The zero-order valence-electron chi connectivity index (χ0n) is 15.7. The van der Waals surface area contributed by atoms with E-state index in [-0.39, 0.29) is 28.7 Å². The van der Waals surface area contributed by atoms with Crippen LogP contribution in [0.5, 0.6) is 5.75 Å². The summed E-state index contributed by atoms with van der Waals surface area (Å²) >= 11 is 0. The number of rotatable bonds is 6. The SMILES string of the molecule is COc1ccc([N+](=O)[O-])cc1NC(=O)COC(=O)c1nc2nc(C)cc(C)n2n1. The third kappa shape index (κ3) is 4.26. The van der Waals surface area contributed by atoms with Crippen molar-refractivity contribution in [2.45, 2.75) is 13.8 Å². The van der Waals surface area contributed by atoms with E-state index in [1.54, 1.807) is 19.9 Å². The monoisotopic (exact) mass is 400 g/mol. The number of nitro benzene ring substituents is 1. The highest BCUT2D eigenvalue weighted by Gasteiger charge is 2.19. The number of carbonyl (C=O) groups excluding carboxylic acids is 2. The van der Waals surface area contributed by atoms with Crippen LogP contribution in [-0.2, 0) is 9.53 Å². The average molecular weight is 400 g/mol. The minimum atomic E-state index is -0.909. The molecule has 0 fully saturated rings. The van der Waals surface area contributed by atoms with E-state index in [1.165, 1.54) is 23.8 Å². The lowest BCUT2D eigenvalue weighted by Crippen LogP contribution is -2.21. The Kier molecular flexibility index (Phi) is 5.34. The quantitative estimate of drug-likeness (QED) is 0.368. The van der Waals surface area contributed by atoms with Crippen LogP contribution >= 0.6 is 0 Å². The molecular weight excluding hydrogens is 384 g/mol. The fourth-order valence-corrected chi connectivity index (χ4v) is 2.54. The number of nitrogens with zero attached hydrogens (tertiary/aromatic N) is 5. The molecule has 0 atom stereocenters. The number of anilines is 1. The minimum absolute atomic E-state index is 0.0731. The number of amides is 1. The van der Waals surface area contributed by atoms with Gasteiger partial charge in [-0.05, 0) is 26.0 Å². The molecule has 0 aliphatic carbocycles. The highest BCUT2D eigenvalue weighted by Crippen LogP contribution is 2.28. The molecular formula is C17H16N6O6. The van der Waals surface area contributed by atoms with Crippen LogP contribution in [0.3, 0.4) is 0 Å². The van der Waals surface area contributed by atoms with Crippen LogP contribution in [-0.4, -0.2) is 50.1 Å². The maximum Gasteiger partial charge on any atom is 0.378 e. The standard InChI is InChI=1S/C17H16N6O6/c1-9-6-10(2)22-17(18-9)20-15(21-22)16(25)29-8-14(24)19-12-7-11(23(26)27)4-5-13(12)28-3/h4-7H,8H2,1-3H3,(H,19,24). The van der Waals surface area contributed by atoms with Gasteiger partial charge in [-0.3, -0.25) is 14.9 Å². The Hall–Kier alpha value is -4.09. The highest BCUT2D eigenvalue weighted by molar-refractivity contribution is 5.95. The third-order valence-electron chi connectivity index (χ3n) is 3.80. The van der Waals surface area contributed by atoms with Gasteiger partial charge >= 0.3 is 5.97 Å². The van der Waals surface area contributed by atoms with Gasteiger partial charge in [-0.2, -0.15) is 4.98 Å². The molecule has 150 valence electrons. The summed E-state index contributed by atoms with van der Waals surface area (Å²) in [6.07, 6.45) is 0. The number of aromatic nitrogens is 4. The van der Waals surface area contributed by atoms with Gasteiger partial charge in [0.05, 0.1) is 17.7 Å². The second kappa shape index (κ2) is 7.88.